The van der Waals surface area contributed by atoms with E-state index < -0.39 is 49.1 Å². The van der Waals surface area contributed by atoms with Crippen LogP contribution < -0.4 is 11.2 Å². The van der Waals surface area contributed by atoms with Crippen LogP contribution in [0.5, 0.6) is 0 Å². The molecule has 22 heavy (non-hydrogen) atoms. The first kappa shape index (κ1) is 16.0. The molecule has 10 nitrogen and oxygen atoms in total. The average molecular weight is 355 g/mol. The van der Waals surface area contributed by atoms with Gasteiger partial charge in [-0.15, -0.1) is 0 Å². The molecular formula is C10H15N2O8PS. The Bertz CT molecular complexity index is 732. The van der Waals surface area contributed by atoms with Gasteiger partial charge in [0, 0.05) is 19.4 Å². The third-order valence-corrected chi connectivity index (χ3v) is 3.87. The SMILES string of the molecule is [2H]n1c(=O)ccn([C@@H]2O[C@H](COP(O)(O)=S)[C@@H](O)[C@H]2OC)c1=O. The molecule has 0 unspecified atom stereocenters. The van der Waals surface area contributed by atoms with Crippen LogP contribution in [-0.4, -0.2) is 56.5 Å². The number of aliphatic hydroxyl groups excluding tert-OH is 1. The number of rotatable bonds is 5. The molecule has 0 aliphatic carbocycles. The Labute approximate surface area is 130 Å². The van der Waals surface area contributed by atoms with Crippen molar-refractivity contribution in [3.05, 3.63) is 33.1 Å². The number of hydrogen-bond acceptors (Lipinski definition) is 7. The van der Waals surface area contributed by atoms with E-state index in [0.29, 0.717) is 0 Å². The summed E-state index contributed by atoms with van der Waals surface area (Å²) in [6.45, 7) is -4.36. The van der Waals surface area contributed by atoms with Gasteiger partial charge in [0.05, 0.1) is 6.61 Å². The molecule has 1 aromatic rings. The lowest BCUT2D eigenvalue weighted by Crippen LogP contribution is -2.38. The molecule has 4 N–H and O–H groups in total. The third kappa shape index (κ3) is 3.89. The van der Waals surface area contributed by atoms with E-state index in [2.05, 4.69) is 16.3 Å². The largest absolute Gasteiger partial charge is 0.387 e. The third-order valence-electron chi connectivity index (χ3n) is 3.07. The second-order valence-electron chi connectivity index (χ2n) is 4.50. The van der Waals surface area contributed by atoms with Crippen molar-refractivity contribution in [1.29, 1.82) is 0 Å². The monoisotopic (exact) mass is 355 g/mol. The van der Waals surface area contributed by atoms with Gasteiger partial charge >= 0.3 is 12.4 Å². The van der Waals surface area contributed by atoms with E-state index in [1.165, 1.54) is 7.11 Å². The minimum Gasteiger partial charge on any atom is -0.387 e. The van der Waals surface area contributed by atoms with Crippen molar-refractivity contribution in [3.63, 3.8) is 0 Å². The van der Waals surface area contributed by atoms with Crippen LogP contribution in [0.2, 0.25) is 1.41 Å². The Morgan fingerprint density at radius 2 is 2.27 bits per heavy atom. The predicted octanol–water partition coefficient (Wildman–Crippen LogP) is -1.96. The standard InChI is InChI=1S/C10H15N2O8PS/c1-18-8-7(14)5(4-19-21(16,17)22)20-9(8)12-3-2-6(13)11-10(12)15/h2-3,5,7-9,14H,4H2,1H3,(H,11,13,15)(H2,16,17,22)/t5-,7-,8-,9-/m1/s1/i/hD. The first-order valence-electron chi connectivity index (χ1n) is 6.50. The lowest BCUT2D eigenvalue weighted by Gasteiger charge is -2.19. The highest BCUT2D eigenvalue weighted by Crippen LogP contribution is 2.38. The normalized spacial score (nSPS) is 29.5. The Kier molecular flexibility index (Phi) is 4.85. The number of aromatic nitrogens is 2. The molecule has 1 aromatic heterocycles. The van der Waals surface area contributed by atoms with Crippen molar-refractivity contribution in [2.45, 2.75) is 24.5 Å². The van der Waals surface area contributed by atoms with E-state index in [1.54, 1.807) is 0 Å². The van der Waals surface area contributed by atoms with Gasteiger partial charge in [-0.2, -0.15) is 0 Å². The summed E-state index contributed by atoms with van der Waals surface area (Å²) in [4.78, 5) is 41.5. The highest BCUT2D eigenvalue weighted by Gasteiger charge is 2.45. The number of aliphatic hydroxyl groups is 1. The Morgan fingerprint density at radius 3 is 2.86 bits per heavy atom. The van der Waals surface area contributed by atoms with Crippen LogP contribution in [-0.2, 0) is 25.8 Å². The van der Waals surface area contributed by atoms with Gasteiger partial charge in [-0.1, -0.05) is 0 Å². The topological polar surface area (TPSA) is 143 Å². The number of ether oxygens (including phenoxy) is 2. The predicted molar refractivity (Wildman–Crippen MR) is 76.7 cm³/mol. The maximum absolute atomic E-state index is 12.0. The van der Waals surface area contributed by atoms with Gasteiger partial charge in [0.25, 0.3) is 5.56 Å². The highest BCUT2D eigenvalue weighted by atomic mass is 32.5. The molecule has 0 amide bonds. The van der Waals surface area contributed by atoms with Crippen LogP contribution in [0.15, 0.2) is 21.9 Å². The molecule has 0 saturated carbocycles. The molecule has 0 radical (unpaired) electrons. The van der Waals surface area contributed by atoms with E-state index in [9.17, 15) is 14.7 Å². The zero-order chi connectivity index (χ0) is 17.4. The molecule has 124 valence electrons. The van der Waals surface area contributed by atoms with Gasteiger partial charge in [0.15, 0.2) is 7.64 Å². The van der Waals surface area contributed by atoms with Gasteiger partial charge in [0.1, 0.15) is 18.3 Å². The fourth-order valence-electron chi connectivity index (χ4n) is 2.10. The quantitative estimate of drug-likeness (QED) is 0.442. The van der Waals surface area contributed by atoms with Crippen LogP contribution in [0, 0.1) is 0 Å². The van der Waals surface area contributed by atoms with Crippen LogP contribution >= 0.6 is 6.72 Å². The molecule has 0 bridgehead atoms. The van der Waals surface area contributed by atoms with Crippen LogP contribution in [0.4, 0.5) is 0 Å². The molecule has 0 spiro atoms. The molecular weight excluding hydrogens is 339 g/mol. The minimum atomic E-state index is -3.93. The first-order valence-corrected chi connectivity index (χ1v) is 8.68. The molecule has 4 atom stereocenters. The Morgan fingerprint density at radius 1 is 1.59 bits per heavy atom. The first-order chi connectivity index (χ1) is 10.7. The molecule has 1 aliphatic heterocycles. The van der Waals surface area contributed by atoms with Gasteiger partial charge in [-0.05, 0) is 11.8 Å². The average Bonchev–Trinajstić information content (AvgIpc) is 2.78. The molecule has 0 aromatic carbocycles. The number of methoxy groups -OCH3 is 1. The highest BCUT2D eigenvalue weighted by molar-refractivity contribution is 8.06. The van der Waals surface area contributed by atoms with E-state index in [-0.39, 0.29) is 4.98 Å². The van der Waals surface area contributed by atoms with Crippen molar-refractivity contribution in [2.24, 2.45) is 0 Å². The van der Waals surface area contributed by atoms with E-state index >= 15 is 0 Å². The van der Waals surface area contributed by atoms with Crippen molar-refractivity contribution < 1.29 is 30.3 Å². The fraction of sp³-hybridized carbons (Fsp3) is 0.600. The molecule has 1 fully saturated rings. The molecule has 2 heterocycles. The summed E-state index contributed by atoms with van der Waals surface area (Å²) >= 11 is 4.30. The zero-order valence-corrected chi connectivity index (χ0v) is 13.0. The summed E-state index contributed by atoms with van der Waals surface area (Å²) in [7, 11) is 1.28. The number of aromatic amines is 1. The molecule has 1 aliphatic rings. The van der Waals surface area contributed by atoms with Crippen LogP contribution in [0.25, 0.3) is 0 Å². The van der Waals surface area contributed by atoms with E-state index in [1.807, 2.05) is 0 Å². The van der Waals surface area contributed by atoms with Crippen molar-refractivity contribution in [1.82, 2.24) is 9.54 Å². The van der Waals surface area contributed by atoms with Gasteiger partial charge in [-0.25, -0.2) is 4.79 Å². The van der Waals surface area contributed by atoms with Crippen LogP contribution in [0.3, 0.4) is 0 Å². The summed E-state index contributed by atoms with van der Waals surface area (Å²) in [5.41, 5.74) is -1.80. The summed E-state index contributed by atoms with van der Waals surface area (Å²) in [5.74, 6) is 0. The Balaban J connectivity index is 2.29. The van der Waals surface area contributed by atoms with Crippen LogP contribution in [0.1, 0.15) is 6.23 Å². The van der Waals surface area contributed by atoms with Crippen molar-refractivity contribution in [3.8, 4) is 0 Å². The summed E-state index contributed by atoms with van der Waals surface area (Å²) in [6.07, 6.45) is -3.34. The molecule has 12 heteroatoms. The summed E-state index contributed by atoms with van der Waals surface area (Å²) < 4.78 is 23.5. The number of hydrogen-bond donors (Lipinski definition) is 4. The lowest BCUT2D eigenvalue weighted by molar-refractivity contribution is -0.0610. The van der Waals surface area contributed by atoms with E-state index in [4.69, 9.17) is 20.7 Å². The summed E-state index contributed by atoms with van der Waals surface area (Å²) in [5, 5.41) is 10.1. The van der Waals surface area contributed by atoms with E-state index in [0.717, 1.165) is 16.8 Å². The van der Waals surface area contributed by atoms with Gasteiger partial charge < -0.3 is 28.9 Å². The fourth-order valence-corrected chi connectivity index (χ4v) is 2.62. The second kappa shape index (κ2) is 6.69. The zero-order valence-electron chi connectivity index (χ0n) is 12.3. The number of H-pyrrole nitrogens is 1. The second-order valence-corrected chi connectivity index (χ2v) is 7.16. The van der Waals surface area contributed by atoms with Gasteiger partial charge in [-0.3, -0.25) is 14.3 Å². The number of nitrogens with zero attached hydrogens (tertiary/aromatic N) is 1. The van der Waals surface area contributed by atoms with Crippen molar-refractivity contribution in [2.75, 3.05) is 13.7 Å². The maximum Gasteiger partial charge on any atom is 0.330 e. The lowest BCUT2D eigenvalue weighted by atomic mass is 10.1. The molecule has 2 rings (SSSR count). The van der Waals surface area contributed by atoms with Gasteiger partial charge in [0.2, 0.25) is 0 Å². The Hall–Kier alpha value is -0.910. The number of nitrogens with one attached hydrogen (secondary N) is 1. The smallest absolute Gasteiger partial charge is 0.330 e. The van der Waals surface area contributed by atoms with Crippen molar-refractivity contribution >= 4 is 18.5 Å². The minimum absolute atomic E-state index is 0.132. The maximum atomic E-state index is 12.0. The summed E-state index contributed by atoms with van der Waals surface area (Å²) in [6, 6.07) is 0.988. The molecule has 1 saturated heterocycles.